The van der Waals surface area contributed by atoms with Gasteiger partial charge in [0.05, 0.1) is 11.9 Å². The van der Waals surface area contributed by atoms with E-state index in [1.165, 1.54) is 17.0 Å². The van der Waals surface area contributed by atoms with Gasteiger partial charge < -0.3 is 10.2 Å². The van der Waals surface area contributed by atoms with E-state index in [4.69, 9.17) is 0 Å². The molecule has 0 unspecified atom stereocenters. The van der Waals surface area contributed by atoms with Crippen molar-refractivity contribution in [3.8, 4) is 0 Å². The smallest absolute Gasteiger partial charge is 0.0599 e. The number of thioether (sulfide) groups is 1. The molecule has 1 aromatic rings. The van der Waals surface area contributed by atoms with Crippen LogP contribution in [0.15, 0.2) is 18.5 Å². The van der Waals surface area contributed by atoms with Crippen LogP contribution in [0.1, 0.15) is 40.2 Å². The van der Waals surface area contributed by atoms with Crippen LogP contribution in [0, 0.1) is 0 Å². The molecule has 1 saturated heterocycles. The Kier molecular flexibility index (Phi) is 4.65. The Morgan fingerprint density at radius 3 is 2.80 bits per heavy atom. The van der Waals surface area contributed by atoms with E-state index in [1.54, 1.807) is 0 Å². The lowest BCUT2D eigenvalue weighted by atomic mass is 10.1. The summed E-state index contributed by atoms with van der Waals surface area (Å²) in [4.78, 5) is 6.83. The van der Waals surface area contributed by atoms with Gasteiger partial charge in [-0.2, -0.15) is 11.8 Å². The predicted octanol–water partition coefficient (Wildman–Crippen LogP) is 3.30. The summed E-state index contributed by atoms with van der Waals surface area (Å²) in [6, 6.07) is 2.14. The molecule has 2 rings (SSSR count). The van der Waals surface area contributed by atoms with Gasteiger partial charge in [0.2, 0.25) is 0 Å². The van der Waals surface area contributed by atoms with Crippen LogP contribution >= 0.6 is 11.8 Å². The number of pyridine rings is 1. The Hall–Kier alpha value is -0.740. The van der Waals surface area contributed by atoms with Gasteiger partial charge in [0.1, 0.15) is 0 Å². The predicted molar refractivity (Wildman–Crippen MR) is 89.6 cm³/mol. The number of nitrogens with zero attached hydrogens (tertiary/aromatic N) is 2. The molecular formula is C16H27N3S. The number of anilines is 1. The summed E-state index contributed by atoms with van der Waals surface area (Å²) in [7, 11) is 0. The SMILES string of the molecule is CC(C)(C)NCc1ccncc1N1CCSC(C)(C)C1. The number of nitrogens with one attached hydrogen (secondary N) is 1. The van der Waals surface area contributed by atoms with Crippen molar-refractivity contribution in [3.63, 3.8) is 0 Å². The fourth-order valence-corrected chi connectivity index (χ4v) is 3.54. The van der Waals surface area contributed by atoms with Gasteiger partial charge in [-0.25, -0.2) is 0 Å². The molecule has 1 aliphatic rings. The molecule has 0 aliphatic carbocycles. The van der Waals surface area contributed by atoms with E-state index in [1.807, 2.05) is 12.4 Å². The standard InChI is InChI=1S/C16H27N3S/c1-15(2,3)18-10-13-6-7-17-11-14(13)19-8-9-20-16(4,5)12-19/h6-7,11,18H,8-10,12H2,1-5H3. The largest absolute Gasteiger partial charge is 0.368 e. The third kappa shape index (κ3) is 4.38. The zero-order chi connectivity index (χ0) is 14.8. The Morgan fingerprint density at radius 2 is 2.15 bits per heavy atom. The average Bonchev–Trinajstić information content (AvgIpc) is 2.34. The minimum Gasteiger partial charge on any atom is -0.368 e. The Balaban J connectivity index is 2.15. The minimum atomic E-state index is 0.136. The first-order valence-electron chi connectivity index (χ1n) is 7.34. The molecule has 20 heavy (non-hydrogen) atoms. The molecular weight excluding hydrogens is 266 g/mol. The third-order valence-electron chi connectivity index (χ3n) is 3.46. The highest BCUT2D eigenvalue weighted by molar-refractivity contribution is 8.00. The third-order valence-corrected chi connectivity index (χ3v) is 4.76. The highest BCUT2D eigenvalue weighted by Crippen LogP contribution is 2.33. The lowest BCUT2D eigenvalue weighted by Gasteiger charge is -2.39. The van der Waals surface area contributed by atoms with Crippen molar-refractivity contribution in [1.82, 2.24) is 10.3 Å². The van der Waals surface area contributed by atoms with Gasteiger partial charge in [-0.3, -0.25) is 4.98 Å². The van der Waals surface area contributed by atoms with Crippen LogP contribution in [0.25, 0.3) is 0 Å². The summed E-state index contributed by atoms with van der Waals surface area (Å²) in [5.41, 5.74) is 2.77. The molecule has 0 saturated carbocycles. The van der Waals surface area contributed by atoms with Crippen molar-refractivity contribution in [2.24, 2.45) is 0 Å². The monoisotopic (exact) mass is 293 g/mol. The Bertz CT molecular complexity index is 451. The fraction of sp³-hybridized carbons (Fsp3) is 0.688. The van der Waals surface area contributed by atoms with Gasteiger partial charge in [0.25, 0.3) is 0 Å². The normalized spacial score (nSPS) is 19.1. The van der Waals surface area contributed by atoms with E-state index in [0.29, 0.717) is 4.75 Å². The Labute approximate surface area is 127 Å². The van der Waals surface area contributed by atoms with Gasteiger partial charge in [-0.1, -0.05) is 0 Å². The summed E-state index contributed by atoms with van der Waals surface area (Å²) in [6.45, 7) is 14.4. The van der Waals surface area contributed by atoms with Gasteiger partial charge in [0, 0.05) is 41.9 Å². The number of hydrogen-bond acceptors (Lipinski definition) is 4. The second-order valence-electron chi connectivity index (χ2n) is 7.14. The first kappa shape index (κ1) is 15.6. The Morgan fingerprint density at radius 1 is 1.40 bits per heavy atom. The maximum Gasteiger partial charge on any atom is 0.0599 e. The van der Waals surface area contributed by atoms with Crippen LogP contribution in [-0.2, 0) is 6.54 Å². The van der Waals surface area contributed by atoms with Crippen molar-refractivity contribution in [3.05, 3.63) is 24.0 Å². The van der Waals surface area contributed by atoms with Crippen LogP contribution in [0.4, 0.5) is 5.69 Å². The number of hydrogen-bond donors (Lipinski definition) is 1. The van der Waals surface area contributed by atoms with Crippen molar-refractivity contribution in [1.29, 1.82) is 0 Å². The number of aromatic nitrogens is 1. The summed E-state index contributed by atoms with van der Waals surface area (Å²) in [5.74, 6) is 1.19. The van der Waals surface area contributed by atoms with Crippen molar-refractivity contribution in [2.75, 3.05) is 23.7 Å². The molecule has 0 amide bonds. The number of rotatable bonds is 3. The van der Waals surface area contributed by atoms with E-state index < -0.39 is 0 Å². The van der Waals surface area contributed by atoms with Gasteiger partial charge in [0.15, 0.2) is 0 Å². The quantitative estimate of drug-likeness (QED) is 0.925. The highest BCUT2D eigenvalue weighted by atomic mass is 32.2. The molecule has 0 spiro atoms. The minimum absolute atomic E-state index is 0.136. The fourth-order valence-electron chi connectivity index (χ4n) is 2.43. The lowest BCUT2D eigenvalue weighted by molar-refractivity contribution is 0.424. The second-order valence-corrected chi connectivity index (χ2v) is 8.94. The molecule has 1 aliphatic heterocycles. The molecule has 1 fully saturated rings. The van der Waals surface area contributed by atoms with Gasteiger partial charge in [-0.15, -0.1) is 0 Å². The zero-order valence-electron chi connectivity index (χ0n) is 13.4. The molecule has 1 N–H and O–H groups in total. The van der Waals surface area contributed by atoms with Crippen LogP contribution in [0.3, 0.4) is 0 Å². The zero-order valence-corrected chi connectivity index (χ0v) is 14.2. The molecule has 1 aromatic heterocycles. The summed E-state index contributed by atoms with van der Waals surface area (Å²) < 4.78 is 0.322. The lowest BCUT2D eigenvalue weighted by Crippen LogP contribution is -2.44. The summed E-state index contributed by atoms with van der Waals surface area (Å²) >= 11 is 2.06. The molecule has 4 heteroatoms. The average molecular weight is 293 g/mol. The van der Waals surface area contributed by atoms with Crippen molar-refractivity contribution >= 4 is 17.4 Å². The van der Waals surface area contributed by atoms with Gasteiger partial charge >= 0.3 is 0 Å². The summed E-state index contributed by atoms with van der Waals surface area (Å²) in [5, 5.41) is 3.58. The summed E-state index contributed by atoms with van der Waals surface area (Å²) in [6.07, 6.45) is 3.92. The molecule has 2 heterocycles. The van der Waals surface area contributed by atoms with Crippen LogP contribution in [-0.4, -0.2) is 34.1 Å². The van der Waals surface area contributed by atoms with Crippen LogP contribution in [0.5, 0.6) is 0 Å². The van der Waals surface area contributed by atoms with E-state index in [0.717, 1.165) is 19.6 Å². The molecule has 3 nitrogen and oxygen atoms in total. The second kappa shape index (κ2) is 5.94. The van der Waals surface area contributed by atoms with E-state index in [2.05, 4.69) is 67.6 Å². The van der Waals surface area contributed by atoms with E-state index in [-0.39, 0.29) is 5.54 Å². The van der Waals surface area contributed by atoms with Crippen LogP contribution < -0.4 is 10.2 Å². The first-order valence-corrected chi connectivity index (χ1v) is 8.32. The van der Waals surface area contributed by atoms with Crippen LogP contribution in [0.2, 0.25) is 0 Å². The van der Waals surface area contributed by atoms with Crippen molar-refractivity contribution in [2.45, 2.75) is 51.4 Å². The first-order chi connectivity index (χ1) is 9.27. The maximum absolute atomic E-state index is 4.34. The topological polar surface area (TPSA) is 28.2 Å². The molecule has 112 valence electrons. The molecule has 0 atom stereocenters. The van der Waals surface area contributed by atoms with E-state index in [9.17, 15) is 0 Å². The highest BCUT2D eigenvalue weighted by Gasteiger charge is 2.28. The van der Waals surface area contributed by atoms with E-state index >= 15 is 0 Å². The molecule has 0 radical (unpaired) electrons. The molecule has 0 bridgehead atoms. The molecule has 0 aromatic carbocycles. The van der Waals surface area contributed by atoms with Crippen molar-refractivity contribution < 1.29 is 0 Å². The van der Waals surface area contributed by atoms with Gasteiger partial charge in [-0.05, 0) is 46.2 Å². The maximum atomic E-state index is 4.34.